The van der Waals surface area contributed by atoms with Crippen molar-refractivity contribution in [2.45, 2.75) is 37.6 Å². The molecule has 186 valence electrons. The lowest BCUT2D eigenvalue weighted by atomic mass is 9.93. The Bertz CT molecular complexity index is 1220. The topological polar surface area (TPSA) is 81.7 Å². The molecule has 1 amide bonds. The predicted molar refractivity (Wildman–Crippen MR) is 128 cm³/mol. The fourth-order valence-electron chi connectivity index (χ4n) is 5.48. The van der Waals surface area contributed by atoms with Gasteiger partial charge in [0.25, 0.3) is 0 Å². The number of halogens is 2. The SMILES string of the molecule is COc1ccc(F)cc1-c1c(F)cnc2[nH]c(C3CCN(CC(=O)N4CCC[C@H]4CO)CC3)cc12. The lowest BCUT2D eigenvalue weighted by Gasteiger charge is -2.33. The molecule has 7 nitrogen and oxygen atoms in total. The average molecular weight is 485 g/mol. The van der Waals surface area contributed by atoms with Gasteiger partial charge in [-0.25, -0.2) is 13.8 Å². The number of hydrogen-bond acceptors (Lipinski definition) is 5. The highest BCUT2D eigenvalue weighted by atomic mass is 19.1. The van der Waals surface area contributed by atoms with E-state index >= 15 is 0 Å². The lowest BCUT2D eigenvalue weighted by Crippen LogP contribution is -2.45. The second-order valence-electron chi connectivity index (χ2n) is 9.43. The molecule has 1 atom stereocenters. The van der Waals surface area contributed by atoms with Gasteiger partial charge in [-0.05, 0) is 63.0 Å². The quantitative estimate of drug-likeness (QED) is 0.558. The Balaban J connectivity index is 1.33. The molecule has 2 fully saturated rings. The highest BCUT2D eigenvalue weighted by Gasteiger charge is 2.30. The summed E-state index contributed by atoms with van der Waals surface area (Å²) in [5, 5.41) is 10.1. The molecule has 9 heteroatoms. The first-order valence-corrected chi connectivity index (χ1v) is 12.1. The number of piperidine rings is 1. The average Bonchev–Trinajstić information content (AvgIpc) is 3.52. The first-order chi connectivity index (χ1) is 17.0. The van der Waals surface area contributed by atoms with Crippen LogP contribution in [0.2, 0.25) is 0 Å². The van der Waals surface area contributed by atoms with Crippen LogP contribution in [0.5, 0.6) is 5.75 Å². The number of nitrogens with zero attached hydrogens (tertiary/aromatic N) is 3. The number of aromatic amines is 1. The van der Waals surface area contributed by atoms with E-state index in [-0.39, 0.29) is 30.0 Å². The molecule has 1 aromatic carbocycles. The molecule has 2 aliphatic rings. The number of aliphatic hydroxyl groups excluding tert-OH is 1. The van der Waals surface area contributed by atoms with Crippen LogP contribution < -0.4 is 4.74 Å². The van der Waals surface area contributed by atoms with Crippen molar-refractivity contribution in [1.82, 2.24) is 19.8 Å². The van der Waals surface area contributed by atoms with Crippen LogP contribution in [0.15, 0.2) is 30.5 Å². The number of methoxy groups -OCH3 is 1. The van der Waals surface area contributed by atoms with Crippen LogP contribution in [0.25, 0.3) is 22.2 Å². The van der Waals surface area contributed by atoms with Crippen molar-refractivity contribution in [3.05, 3.63) is 47.8 Å². The van der Waals surface area contributed by atoms with Gasteiger partial charge in [-0.15, -0.1) is 0 Å². The van der Waals surface area contributed by atoms with E-state index in [0.717, 1.165) is 57.2 Å². The summed E-state index contributed by atoms with van der Waals surface area (Å²) < 4.78 is 34.3. The number of hydrogen-bond donors (Lipinski definition) is 2. The molecule has 2 aromatic heterocycles. The maximum Gasteiger partial charge on any atom is 0.237 e. The van der Waals surface area contributed by atoms with E-state index in [9.17, 15) is 18.7 Å². The van der Waals surface area contributed by atoms with Crippen LogP contribution in [0, 0.1) is 11.6 Å². The van der Waals surface area contributed by atoms with E-state index in [1.165, 1.54) is 25.3 Å². The Morgan fingerprint density at radius 2 is 2.00 bits per heavy atom. The summed E-state index contributed by atoms with van der Waals surface area (Å²) in [4.78, 5) is 24.3. The molecule has 2 N–H and O–H groups in total. The monoisotopic (exact) mass is 484 g/mol. The van der Waals surface area contributed by atoms with Crippen LogP contribution in [0.3, 0.4) is 0 Å². The Labute approximate surface area is 202 Å². The number of rotatable bonds is 6. The van der Waals surface area contributed by atoms with Gasteiger partial charge >= 0.3 is 0 Å². The third kappa shape index (κ3) is 4.62. The number of aromatic nitrogens is 2. The summed E-state index contributed by atoms with van der Waals surface area (Å²) in [7, 11) is 1.47. The Morgan fingerprint density at radius 3 is 2.74 bits per heavy atom. The van der Waals surface area contributed by atoms with Gasteiger partial charge < -0.3 is 19.7 Å². The van der Waals surface area contributed by atoms with Gasteiger partial charge in [-0.1, -0.05) is 0 Å². The number of pyridine rings is 1. The molecule has 0 radical (unpaired) electrons. The molecule has 0 unspecified atom stereocenters. The van der Waals surface area contributed by atoms with Crippen molar-refractivity contribution in [2.75, 3.05) is 39.9 Å². The maximum atomic E-state index is 14.9. The summed E-state index contributed by atoms with van der Waals surface area (Å²) in [5.41, 5.74) is 2.12. The molecule has 35 heavy (non-hydrogen) atoms. The minimum atomic E-state index is -0.539. The number of nitrogens with one attached hydrogen (secondary N) is 1. The largest absolute Gasteiger partial charge is 0.496 e. The van der Waals surface area contributed by atoms with Crippen molar-refractivity contribution in [1.29, 1.82) is 0 Å². The van der Waals surface area contributed by atoms with Crippen LogP contribution in [-0.2, 0) is 4.79 Å². The van der Waals surface area contributed by atoms with Gasteiger partial charge in [0, 0.05) is 34.7 Å². The van der Waals surface area contributed by atoms with E-state index in [0.29, 0.717) is 28.9 Å². The number of aliphatic hydroxyl groups is 1. The number of ether oxygens (including phenoxy) is 1. The Kier molecular flexibility index (Phi) is 6.71. The zero-order chi connectivity index (χ0) is 24.5. The molecule has 2 saturated heterocycles. The normalized spacial score (nSPS) is 19.5. The third-order valence-corrected chi connectivity index (χ3v) is 7.36. The predicted octanol–water partition coefficient (Wildman–Crippen LogP) is 3.68. The zero-order valence-corrected chi connectivity index (χ0v) is 19.8. The molecular weight excluding hydrogens is 454 g/mol. The summed E-state index contributed by atoms with van der Waals surface area (Å²) in [6.45, 7) is 2.65. The second-order valence-corrected chi connectivity index (χ2v) is 9.43. The summed E-state index contributed by atoms with van der Waals surface area (Å²) >= 11 is 0. The molecule has 2 aliphatic heterocycles. The zero-order valence-electron chi connectivity index (χ0n) is 19.8. The summed E-state index contributed by atoms with van der Waals surface area (Å²) in [5.74, 6) is -0.317. The number of amides is 1. The first-order valence-electron chi connectivity index (χ1n) is 12.1. The number of carbonyl (C=O) groups excluding carboxylic acids is 1. The number of likely N-dealkylation sites (tertiary alicyclic amines) is 2. The number of benzene rings is 1. The van der Waals surface area contributed by atoms with Crippen molar-refractivity contribution in [2.24, 2.45) is 0 Å². The molecule has 0 bridgehead atoms. The van der Waals surface area contributed by atoms with E-state index in [4.69, 9.17) is 4.74 Å². The molecular formula is C26H30F2N4O3. The minimum Gasteiger partial charge on any atom is -0.496 e. The fraction of sp³-hybridized carbons (Fsp3) is 0.462. The van der Waals surface area contributed by atoms with E-state index in [1.807, 2.05) is 11.0 Å². The minimum absolute atomic E-state index is 0.0202. The number of fused-ring (bicyclic) bond motifs is 1. The van der Waals surface area contributed by atoms with E-state index < -0.39 is 11.6 Å². The van der Waals surface area contributed by atoms with Gasteiger partial charge in [0.2, 0.25) is 5.91 Å². The smallest absolute Gasteiger partial charge is 0.237 e. The van der Waals surface area contributed by atoms with Crippen LogP contribution >= 0.6 is 0 Å². The van der Waals surface area contributed by atoms with Gasteiger partial charge in [-0.2, -0.15) is 0 Å². The van der Waals surface area contributed by atoms with Gasteiger partial charge in [0.15, 0.2) is 0 Å². The summed E-state index contributed by atoms with van der Waals surface area (Å²) in [6, 6.07) is 5.91. The van der Waals surface area contributed by atoms with Crippen molar-refractivity contribution in [3.8, 4) is 16.9 Å². The Hall–Kier alpha value is -3.04. The van der Waals surface area contributed by atoms with Crippen molar-refractivity contribution < 1.29 is 23.4 Å². The van der Waals surface area contributed by atoms with Crippen molar-refractivity contribution >= 4 is 16.9 Å². The fourth-order valence-corrected chi connectivity index (χ4v) is 5.48. The van der Waals surface area contributed by atoms with Crippen molar-refractivity contribution in [3.63, 3.8) is 0 Å². The highest BCUT2D eigenvalue weighted by Crippen LogP contribution is 2.39. The Morgan fingerprint density at radius 1 is 1.20 bits per heavy atom. The molecule has 4 heterocycles. The third-order valence-electron chi connectivity index (χ3n) is 7.36. The summed E-state index contributed by atoms with van der Waals surface area (Å²) in [6.07, 6.45) is 4.66. The molecule has 5 rings (SSSR count). The first kappa shape index (κ1) is 23.7. The standard InChI is InChI=1S/C26H30F2N4O3/c1-35-23-5-4-17(27)11-19(23)25-20-12-22(30-26(20)29-13-21(25)28)16-6-9-31(10-7-16)14-24(34)32-8-2-3-18(32)15-33/h4-5,11-13,16,18,33H,2-3,6-10,14-15H2,1H3,(H,29,30)/t18-/m0/s1. The molecule has 0 saturated carbocycles. The van der Waals surface area contributed by atoms with Crippen LogP contribution in [0.1, 0.15) is 37.3 Å². The number of carbonyl (C=O) groups is 1. The van der Waals surface area contributed by atoms with Gasteiger partial charge in [0.1, 0.15) is 23.0 Å². The van der Waals surface area contributed by atoms with Gasteiger partial charge in [-0.3, -0.25) is 9.69 Å². The lowest BCUT2D eigenvalue weighted by molar-refractivity contribution is -0.134. The molecule has 0 spiro atoms. The second kappa shape index (κ2) is 9.91. The van der Waals surface area contributed by atoms with Crippen LogP contribution in [-0.4, -0.2) is 76.7 Å². The number of H-pyrrole nitrogens is 1. The van der Waals surface area contributed by atoms with Gasteiger partial charge in [0.05, 0.1) is 32.5 Å². The van der Waals surface area contributed by atoms with E-state index in [1.54, 1.807) is 0 Å². The van der Waals surface area contributed by atoms with E-state index in [2.05, 4.69) is 14.9 Å². The highest BCUT2D eigenvalue weighted by molar-refractivity contribution is 5.95. The molecule has 0 aliphatic carbocycles. The maximum absolute atomic E-state index is 14.9. The molecule has 3 aromatic rings. The van der Waals surface area contributed by atoms with Crippen LogP contribution in [0.4, 0.5) is 8.78 Å².